The quantitative estimate of drug-likeness (QED) is 0.711. The summed E-state index contributed by atoms with van der Waals surface area (Å²) in [6, 6.07) is 18.6. The molecule has 2 aromatic carbocycles. The molecule has 0 N–H and O–H groups in total. The van der Waals surface area contributed by atoms with E-state index < -0.39 is 0 Å². The highest BCUT2D eigenvalue weighted by Crippen LogP contribution is 2.35. The number of nitrogens with zero attached hydrogens (tertiary/aromatic N) is 1. The zero-order valence-electron chi connectivity index (χ0n) is 11.6. The lowest BCUT2D eigenvalue weighted by Crippen LogP contribution is -2.36. The van der Waals surface area contributed by atoms with Crippen LogP contribution < -0.4 is 0 Å². The number of fused-ring (bicyclic) bond motifs is 4. The van der Waals surface area contributed by atoms with Gasteiger partial charge in [-0.25, -0.2) is 0 Å². The van der Waals surface area contributed by atoms with Crippen molar-refractivity contribution in [2.45, 2.75) is 25.3 Å². The summed E-state index contributed by atoms with van der Waals surface area (Å²) in [4.78, 5) is 2.68. The van der Waals surface area contributed by atoms with Crippen LogP contribution in [0.3, 0.4) is 0 Å². The molecule has 2 heteroatoms. The van der Waals surface area contributed by atoms with Gasteiger partial charge in [-0.1, -0.05) is 48.5 Å². The molecule has 0 bridgehead atoms. The van der Waals surface area contributed by atoms with Gasteiger partial charge in [0.25, 0.3) is 0 Å². The maximum absolute atomic E-state index is 2.68. The fraction of sp³-hybridized carbons (Fsp3) is 0.333. The lowest BCUT2D eigenvalue weighted by Gasteiger charge is -2.36. The summed E-state index contributed by atoms with van der Waals surface area (Å²) in [6.45, 7) is 2.42. The molecule has 0 fully saturated rings. The number of halogens is 1. The van der Waals surface area contributed by atoms with Gasteiger partial charge in [-0.05, 0) is 41.5 Å². The maximum atomic E-state index is 2.68. The SMILES string of the molecule is Cl.c1ccc2c(c1)CCN1CCc3ccccc3C1C2. The molecule has 104 valence electrons. The molecule has 2 aliphatic rings. The van der Waals surface area contributed by atoms with E-state index >= 15 is 0 Å². The van der Waals surface area contributed by atoms with Crippen LogP contribution in [0.25, 0.3) is 0 Å². The minimum absolute atomic E-state index is 0. The van der Waals surface area contributed by atoms with Crippen molar-refractivity contribution in [1.29, 1.82) is 0 Å². The van der Waals surface area contributed by atoms with Gasteiger partial charge in [-0.15, -0.1) is 12.4 Å². The second-order valence-electron chi connectivity index (χ2n) is 5.72. The molecule has 0 aromatic heterocycles. The molecule has 1 atom stereocenters. The van der Waals surface area contributed by atoms with Gasteiger partial charge in [0.1, 0.15) is 0 Å². The van der Waals surface area contributed by atoms with Crippen molar-refractivity contribution in [1.82, 2.24) is 4.90 Å². The van der Waals surface area contributed by atoms with Crippen LogP contribution in [0.15, 0.2) is 48.5 Å². The minimum atomic E-state index is 0. The van der Waals surface area contributed by atoms with Crippen molar-refractivity contribution in [2.75, 3.05) is 13.1 Å². The minimum Gasteiger partial charge on any atom is -0.295 e. The summed E-state index contributed by atoms with van der Waals surface area (Å²) in [7, 11) is 0. The first-order chi connectivity index (χ1) is 9.42. The second kappa shape index (κ2) is 5.59. The van der Waals surface area contributed by atoms with Gasteiger partial charge in [-0.2, -0.15) is 0 Å². The van der Waals surface area contributed by atoms with Crippen LogP contribution in [0.5, 0.6) is 0 Å². The highest BCUT2D eigenvalue weighted by atomic mass is 35.5. The van der Waals surface area contributed by atoms with Crippen molar-refractivity contribution < 1.29 is 0 Å². The van der Waals surface area contributed by atoms with Gasteiger partial charge in [-0.3, -0.25) is 4.90 Å². The molecule has 1 unspecified atom stereocenters. The number of hydrogen-bond acceptors (Lipinski definition) is 1. The highest BCUT2D eigenvalue weighted by Gasteiger charge is 2.29. The molecule has 2 heterocycles. The van der Waals surface area contributed by atoms with Gasteiger partial charge in [0.15, 0.2) is 0 Å². The fourth-order valence-electron chi connectivity index (χ4n) is 3.68. The average Bonchev–Trinajstić information content (AvgIpc) is 2.66. The van der Waals surface area contributed by atoms with E-state index in [9.17, 15) is 0 Å². The molecule has 0 aliphatic carbocycles. The van der Waals surface area contributed by atoms with E-state index in [1.165, 1.54) is 32.4 Å². The third-order valence-corrected chi connectivity index (χ3v) is 4.72. The molecule has 20 heavy (non-hydrogen) atoms. The zero-order chi connectivity index (χ0) is 12.7. The Bertz CT molecular complexity index is 608. The number of rotatable bonds is 0. The smallest absolute Gasteiger partial charge is 0.0391 e. The predicted octanol–water partition coefficient (Wildman–Crippen LogP) is 3.81. The Morgan fingerprint density at radius 2 is 1.35 bits per heavy atom. The molecule has 0 spiro atoms. The van der Waals surface area contributed by atoms with Crippen molar-refractivity contribution in [3.63, 3.8) is 0 Å². The number of hydrogen-bond donors (Lipinski definition) is 0. The summed E-state index contributed by atoms with van der Waals surface area (Å²) >= 11 is 0. The first-order valence-electron chi connectivity index (χ1n) is 7.30. The largest absolute Gasteiger partial charge is 0.295 e. The first kappa shape index (κ1) is 13.7. The highest BCUT2D eigenvalue weighted by molar-refractivity contribution is 5.85. The third-order valence-electron chi connectivity index (χ3n) is 4.72. The Morgan fingerprint density at radius 3 is 2.15 bits per heavy atom. The second-order valence-corrected chi connectivity index (χ2v) is 5.72. The van der Waals surface area contributed by atoms with E-state index in [2.05, 4.69) is 53.4 Å². The Hall–Kier alpha value is -1.31. The van der Waals surface area contributed by atoms with E-state index in [-0.39, 0.29) is 12.4 Å². The van der Waals surface area contributed by atoms with Gasteiger partial charge in [0, 0.05) is 19.1 Å². The van der Waals surface area contributed by atoms with Gasteiger partial charge < -0.3 is 0 Å². The molecule has 2 aliphatic heterocycles. The lowest BCUT2D eigenvalue weighted by atomic mass is 9.89. The Labute approximate surface area is 127 Å². The van der Waals surface area contributed by atoms with E-state index in [1.54, 1.807) is 22.3 Å². The predicted molar refractivity (Wildman–Crippen MR) is 85.6 cm³/mol. The maximum Gasteiger partial charge on any atom is 0.0391 e. The summed E-state index contributed by atoms with van der Waals surface area (Å²) in [5, 5.41) is 0. The molecule has 0 saturated carbocycles. The van der Waals surface area contributed by atoms with Crippen molar-refractivity contribution >= 4 is 12.4 Å². The van der Waals surface area contributed by atoms with E-state index in [4.69, 9.17) is 0 Å². The molecular formula is C18H20ClN. The molecular weight excluding hydrogens is 266 g/mol. The van der Waals surface area contributed by atoms with Crippen LogP contribution in [0, 0.1) is 0 Å². The van der Waals surface area contributed by atoms with Gasteiger partial charge in [0.05, 0.1) is 0 Å². The molecule has 0 radical (unpaired) electrons. The zero-order valence-corrected chi connectivity index (χ0v) is 12.4. The molecule has 0 saturated heterocycles. The van der Waals surface area contributed by atoms with Crippen LogP contribution >= 0.6 is 12.4 Å². The molecule has 1 nitrogen and oxygen atoms in total. The molecule has 0 amide bonds. The van der Waals surface area contributed by atoms with Gasteiger partial charge >= 0.3 is 0 Å². The summed E-state index contributed by atoms with van der Waals surface area (Å²) in [6.07, 6.45) is 3.59. The standard InChI is InChI=1S/C18H19N.ClH/c1-2-7-16-13-18-17-8-4-3-6-15(17)10-12-19(18)11-9-14(16)5-1;/h1-8,18H,9-13H2;1H. The van der Waals surface area contributed by atoms with E-state index in [0.717, 1.165) is 0 Å². The van der Waals surface area contributed by atoms with Crippen molar-refractivity contribution in [3.8, 4) is 0 Å². The summed E-state index contributed by atoms with van der Waals surface area (Å²) in [5.41, 5.74) is 6.22. The average molecular weight is 286 g/mol. The van der Waals surface area contributed by atoms with Crippen LogP contribution in [0.1, 0.15) is 28.3 Å². The lowest BCUT2D eigenvalue weighted by molar-refractivity contribution is 0.192. The van der Waals surface area contributed by atoms with Crippen LogP contribution in [-0.4, -0.2) is 18.0 Å². The van der Waals surface area contributed by atoms with Gasteiger partial charge in [0.2, 0.25) is 0 Å². The Balaban J connectivity index is 0.00000121. The van der Waals surface area contributed by atoms with E-state index in [1.807, 2.05) is 0 Å². The topological polar surface area (TPSA) is 3.24 Å². The normalized spacial score (nSPS) is 20.9. The fourth-order valence-corrected chi connectivity index (χ4v) is 3.68. The number of benzene rings is 2. The van der Waals surface area contributed by atoms with Crippen molar-refractivity contribution in [3.05, 3.63) is 70.8 Å². The summed E-state index contributed by atoms with van der Waals surface area (Å²) in [5.74, 6) is 0. The Morgan fingerprint density at radius 1 is 0.750 bits per heavy atom. The third kappa shape index (κ3) is 2.25. The van der Waals surface area contributed by atoms with Crippen molar-refractivity contribution in [2.24, 2.45) is 0 Å². The molecule has 2 aromatic rings. The van der Waals surface area contributed by atoms with Crippen LogP contribution in [0.4, 0.5) is 0 Å². The van der Waals surface area contributed by atoms with E-state index in [0.29, 0.717) is 6.04 Å². The monoisotopic (exact) mass is 285 g/mol. The first-order valence-corrected chi connectivity index (χ1v) is 7.30. The Kier molecular flexibility index (Phi) is 3.82. The summed E-state index contributed by atoms with van der Waals surface area (Å²) < 4.78 is 0. The van der Waals surface area contributed by atoms with Crippen LogP contribution in [0.2, 0.25) is 0 Å². The van der Waals surface area contributed by atoms with Crippen LogP contribution in [-0.2, 0) is 19.3 Å². The molecule has 4 rings (SSSR count).